The van der Waals surface area contributed by atoms with Crippen molar-refractivity contribution in [2.24, 2.45) is 11.7 Å². The first-order chi connectivity index (χ1) is 8.55. The van der Waals surface area contributed by atoms with Crippen LogP contribution in [0.5, 0.6) is 0 Å². The Hall–Kier alpha value is -1.14. The van der Waals surface area contributed by atoms with Gasteiger partial charge in [-0.15, -0.1) is 0 Å². The minimum absolute atomic E-state index is 0.0473. The maximum Gasteiger partial charge on any atom is 0.306 e. The zero-order valence-corrected chi connectivity index (χ0v) is 11.1. The van der Waals surface area contributed by atoms with Crippen LogP contribution >= 0.6 is 0 Å². The lowest BCUT2D eigenvalue weighted by molar-refractivity contribution is -0.143. The van der Waals surface area contributed by atoms with Gasteiger partial charge in [-0.05, 0) is 12.3 Å². The second kappa shape index (κ2) is 7.33. The zero-order chi connectivity index (χ0) is 13.5. The molecule has 1 aliphatic heterocycles. The van der Waals surface area contributed by atoms with Gasteiger partial charge < -0.3 is 20.1 Å². The predicted molar refractivity (Wildman–Crippen MR) is 65.8 cm³/mol. The number of methoxy groups -OCH3 is 2. The molecule has 0 aromatic heterocycles. The van der Waals surface area contributed by atoms with Gasteiger partial charge in [0.25, 0.3) is 0 Å². The van der Waals surface area contributed by atoms with Crippen LogP contribution in [0.4, 0.5) is 0 Å². The largest absolute Gasteiger partial charge is 0.469 e. The van der Waals surface area contributed by atoms with E-state index in [-0.39, 0.29) is 23.9 Å². The molecule has 2 N–H and O–H groups in total. The lowest BCUT2D eigenvalue weighted by Gasteiger charge is -2.35. The number of hydrogen-bond acceptors (Lipinski definition) is 6. The van der Waals surface area contributed by atoms with Crippen molar-refractivity contribution in [3.8, 4) is 0 Å². The minimum Gasteiger partial charge on any atom is -0.469 e. The SMILES string of the molecule is COC(=O)CCN1CC(N)CC(CC(=O)OC)C1. The summed E-state index contributed by atoms with van der Waals surface area (Å²) >= 11 is 0. The Balaban J connectivity index is 2.40. The summed E-state index contributed by atoms with van der Waals surface area (Å²) in [5, 5.41) is 0. The molecule has 1 saturated heterocycles. The molecule has 0 aromatic carbocycles. The van der Waals surface area contributed by atoms with E-state index in [1.807, 2.05) is 0 Å². The van der Waals surface area contributed by atoms with Crippen LogP contribution in [-0.4, -0.2) is 56.7 Å². The summed E-state index contributed by atoms with van der Waals surface area (Å²) in [5.74, 6) is -0.223. The first-order valence-corrected chi connectivity index (χ1v) is 6.16. The lowest BCUT2D eigenvalue weighted by atomic mass is 9.92. The smallest absolute Gasteiger partial charge is 0.306 e. The van der Waals surface area contributed by atoms with Crippen LogP contribution in [-0.2, 0) is 19.1 Å². The molecule has 0 spiro atoms. The van der Waals surface area contributed by atoms with E-state index in [9.17, 15) is 9.59 Å². The van der Waals surface area contributed by atoms with E-state index in [0.29, 0.717) is 19.4 Å². The van der Waals surface area contributed by atoms with Crippen LogP contribution in [0, 0.1) is 5.92 Å². The Morgan fingerprint density at radius 3 is 2.50 bits per heavy atom. The summed E-state index contributed by atoms with van der Waals surface area (Å²) in [5.41, 5.74) is 5.96. The van der Waals surface area contributed by atoms with Crippen molar-refractivity contribution < 1.29 is 19.1 Å². The Morgan fingerprint density at radius 1 is 1.22 bits per heavy atom. The molecule has 1 aliphatic rings. The maximum absolute atomic E-state index is 11.3. The van der Waals surface area contributed by atoms with Gasteiger partial charge >= 0.3 is 11.9 Å². The fourth-order valence-corrected chi connectivity index (χ4v) is 2.35. The molecule has 18 heavy (non-hydrogen) atoms. The Morgan fingerprint density at radius 2 is 1.89 bits per heavy atom. The molecular weight excluding hydrogens is 236 g/mol. The average Bonchev–Trinajstić information content (AvgIpc) is 2.35. The van der Waals surface area contributed by atoms with Crippen LogP contribution in [0.25, 0.3) is 0 Å². The third-order valence-corrected chi connectivity index (χ3v) is 3.19. The topological polar surface area (TPSA) is 81.9 Å². The predicted octanol–water partition coefficient (Wildman–Crippen LogP) is -0.238. The first kappa shape index (κ1) is 14.9. The molecule has 0 saturated carbocycles. The zero-order valence-electron chi connectivity index (χ0n) is 11.1. The van der Waals surface area contributed by atoms with E-state index in [2.05, 4.69) is 14.4 Å². The molecule has 1 heterocycles. The number of likely N-dealkylation sites (tertiary alicyclic amines) is 1. The summed E-state index contributed by atoms with van der Waals surface area (Å²) in [4.78, 5) is 24.4. The molecule has 6 heteroatoms. The molecule has 0 aromatic rings. The third-order valence-electron chi connectivity index (χ3n) is 3.19. The van der Waals surface area contributed by atoms with Gasteiger partial charge in [0.2, 0.25) is 0 Å². The second-order valence-corrected chi connectivity index (χ2v) is 4.73. The maximum atomic E-state index is 11.3. The van der Waals surface area contributed by atoms with Gasteiger partial charge in [0.1, 0.15) is 0 Å². The third kappa shape index (κ3) is 5.01. The number of nitrogens with two attached hydrogens (primary N) is 1. The van der Waals surface area contributed by atoms with Crippen LogP contribution < -0.4 is 5.73 Å². The van der Waals surface area contributed by atoms with Crippen molar-refractivity contribution in [1.82, 2.24) is 4.90 Å². The fourth-order valence-electron chi connectivity index (χ4n) is 2.35. The van der Waals surface area contributed by atoms with Gasteiger partial charge in [0.15, 0.2) is 0 Å². The number of carbonyl (C=O) groups excluding carboxylic acids is 2. The molecule has 6 nitrogen and oxygen atoms in total. The number of rotatable bonds is 5. The summed E-state index contributed by atoms with van der Waals surface area (Å²) in [7, 11) is 2.77. The number of carbonyl (C=O) groups is 2. The Bertz CT molecular complexity index is 296. The van der Waals surface area contributed by atoms with E-state index in [1.54, 1.807) is 0 Å². The highest BCUT2D eigenvalue weighted by molar-refractivity contribution is 5.69. The molecule has 1 rings (SSSR count). The van der Waals surface area contributed by atoms with Gasteiger partial charge in [-0.25, -0.2) is 0 Å². The standard InChI is InChI=1S/C12H22N2O4/c1-17-11(15)3-4-14-7-9(5-10(13)8-14)6-12(16)18-2/h9-10H,3-8,13H2,1-2H3. The molecule has 2 unspecified atom stereocenters. The van der Waals surface area contributed by atoms with E-state index in [1.165, 1.54) is 14.2 Å². The molecule has 1 fully saturated rings. The van der Waals surface area contributed by atoms with Crippen molar-refractivity contribution in [3.63, 3.8) is 0 Å². The molecule has 104 valence electrons. The highest BCUT2D eigenvalue weighted by atomic mass is 16.5. The number of esters is 2. The molecule has 0 bridgehead atoms. The normalized spacial score (nSPS) is 24.6. The van der Waals surface area contributed by atoms with Crippen LogP contribution in [0.15, 0.2) is 0 Å². The van der Waals surface area contributed by atoms with Gasteiger partial charge in [0.05, 0.1) is 20.6 Å². The number of hydrogen-bond donors (Lipinski definition) is 1. The van der Waals surface area contributed by atoms with E-state index >= 15 is 0 Å². The van der Waals surface area contributed by atoms with Gasteiger partial charge in [-0.2, -0.15) is 0 Å². The van der Waals surface area contributed by atoms with Crippen molar-refractivity contribution in [3.05, 3.63) is 0 Å². The molecular formula is C12H22N2O4. The van der Waals surface area contributed by atoms with Crippen LogP contribution in [0.1, 0.15) is 19.3 Å². The quantitative estimate of drug-likeness (QED) is 0.685. The van der Waals surface area contributed by atoms with E-state index in [0.717, 1.165) is 19.5 Å². The van der Waals surface area contributed by atoms with Gasteiger partial charge in [-0.3, -0.25) is 9.59 Å². The Labute approximate surface area is 107 Å². The molecule has 0 aliphatic carbocycles. The van der Waals surface area contributed by atoms with Crippen LogP contribution in [0.2, 0.25) is 0 Å². The Kier molecular flexibility index (Phi) is 6.07. The van der Waals surface area contributed by atoms with Crippen LogP contribution in [0.3, 0.4) is 0 Å². The highest BCUT2D eigenvalue weighted by Gasteiger charge is 2.27. The fraction of sp³-hybridized carbons (Fsp3) is 0.833. The van der Waals surface area contributed by atoms with Gasteiger partial charge in [0, 0.05) is 32.1 Å². The number of nitrogens with zero attached hydrogens (tertiary/aromatic N) is 1. The van der Waals surface area contributed by atoms with Crippen molar-refractivity contribution in [2.75, 3.05) is 33.9 Å². The molecule has 0 radical (unpaired) electrons. The summed E-state index contributed by atoms with van der Waals surface area (Å²) in [6, 6.07) is 0.0473. The van der Waals surface area contributed by atoms with Crippen molar-refractivity contribution >= 4 is 11.9 Å². The second-order valence-electron chi connectivity index (χ2n) is 4.73. The highest BCUT2D eigenvalue weighted by Crippen LogP contribution is 2.19. The number of ether oxygens (including phenoxy) is 2. The molecule has 0 amide bonds. The van der Waals surface area contributed by atoms with Gasteiger partial charge in [-0.1, -0.05) is 0 Å². The monoisotopic (exact) mass is 258 g/mol. The minimum atomic E-state index is -0.223. The first-order valence-electron chi connectivity index (χ1n) is 6.16. The molecule has 2 atom stereocenters. The van der Waals surface area contributed by atoms with E-state index in [4.69, 9.17) is 5.73 Å². The van der Waals surface area contributed by atoms with Crippen molar-refractivity contribution in [2.45, 2.75) is 25.3 Å². The summed E-state index contributed by atoms with van der Waals surface area (Å²) in [6.07, 6.45) is 1.57. The summed E-state index contributed by atoms with van der Waals surface area (Å²) < 4.78 is 9.27. The average molecular weight is 258 g/mol. The number of piperidine rings is 1. The van der Waals surface area contributed by atoms with Crippen molar-refractivity contribution in [1.29, 1.82) is 0 Å². The lowest BCUT2D eigenvalue weighted by Crippen LogP contribution is -2.48. The van der Waals surface area contributed by atoms with E-state index < -0.39 is 0 Å². The summed E-state index contributed by atoms with van der Waals surface area (Å²) in [6.45, 7) is 2.16.